The van der Waals surface area contributed by atoms with Crippen LogP contribution in [-0.2, 0) is 6.42 Å². The molecule has 0 aliphatic rings. The van der Waals surface area contributed by atoms with Crippen molar-refractivity contribution in [2.75, 3.05) is 6.61 Å². The van der Waals surface area contributed by atoms with E-state index in [0.29, 0.717) is 10.3 Å². The first-order valence-corrected chi connectivity index (χ1v) is 4.06. The van der Waals surface area contributed by atoms with Gasteiger partial charge in [0.15, 0.2) is 6.20 Å². The molecule has 0 radical (unpaired) electrons. The minimum atomic E-state index is -0.290. The van der Waals surface area contributed by atoms with Gasteiger partial charge in [-0.05, 0) is 17.7 Å². The summed E-state index contributed by atoms with van der Waals surface area (Å²) in [6, 6.07) is 3.12. The summed E-state index contributed by atoms with van der Waals surface area (Å²) in [7, 11) is 0. The van der Waals surface area contributed by atoms with E-state index in [-0.39, 0.29) is 23.9 Å². The molecule has 0 fully saturated rings. The summed E-state index contributed by atoms with van der Waals surface area (Å²) < 4.78 is 0.529. The summed E-state index contributed by atoms with van der Waals surface area (Å²) in [5, 5.41) is 26.8. The fourth-order valence-electron chi connectivity index (χ4n) is 0.911. The van der Waals surface area contributed by atoms with Gasteiger partial charge in [0.2, 0.25) is 0 Å². The lowest BCUT2D eigenvalue weighted by Crippen LogP contribution is -2.27. The number of hydrogen-bond donors (Lipinski definition) is 2. The highest BCUT2D eigenvalue weighted by atomic mass is 35.5. The largest absolute Gasteiger partial charge is 0.618 e. The first kappa shape index (κ1) is 9.95. The highest BCUT2D eigenvalue weighted by Gasteiger charge is 2.04. The lowest BCUT2D eigenvalue weighted by Gasteiger charge is -2.02. The van der Waals surface area contributed by atoms with Crippen molar-refractivity contribution in [3.05, 3.63) is 34.3 Å². The number of pyridine rings is 1. The van der Waals surface area contributed by atoms with E-state index in [1.165, 1.54) is 12.3 Å². The Kier molecular flexibility index (Phi) is 3.22. The lowest BCUT2D eigenvalue weighted by molar-refractivity contribution is -0.603. The SMILES string of the molecule is N=C(CO)Cc1ccc(Cl)[n+]([O-])c1. The van der Waals surface area contributed by atoms with Crippen LogP contribution in [0.3, 0.4) is 0 Å². The van der Waals surface area contributed by atoms with Gasteiger partial charge in [0.25, 0.3) is 5.15 Å². The number of aliphatic hydroxyl groups excluding tert-OH is 1. The van der Waals surface area contributed by atoms with E-state index in [9.17, 15) is 5.21 Å². The summed E-state index contributed by atoms with van der Waals surface area (Å²) in [6.45, 7) is -0.290. The van der Waals surface area contributed by atoms with Crippen LogP contribution in [0.1, 0.15) is 5.56 Å². The van der Waals surface area contributed by atoms with Crippen molar-refractivity contribution in [1.29, 1.82) is 5.41 Å². The second-order valence-electron chi connectivity index (χ2n) is 2.62. The van der Waals surface area contributed by atoms with Crippen LogP contribution in [0.2, 0.25) is 5.15 Å². The van der Waals surface area contributed by atoms with E-state index in [2.05, 4.69) is 0 Å². The Morgan fingerprint density at radius 2 is 2.31 bits per heavy atom. The summed E-state index contributed by atoms with van der Waals surface area (Å²) in [4.78, 5) is 0. The number of aromatic nitrogens is 1. The molecule has 1 aromatic rings. The highest BCUT2D eigenvalue weighted by Crippen LogP contribution is 2.04. The van der Waals surface area contributed by atoms with Gasteiger partial charge in [-0.3, -0.25) is 0 Å². The van der Waals surface area contributed by atoms with Gasteiger partial charge in [0.1, 0.15) is 0 Å². The van der Waals surface area contributed by atoms with Crippen LogP contribution in [0.4, 0.5) is 0 Å². The van der Waals surface area contributed by atoms with E-state index in [1.54, 1.807) is 6.07 Å². The van der Waals surface area contributed by atoms with Gasteiger partial charge in [-0.2, -0.15) is 4.73 Å². The van der Waals surface area contributed by atoms with Crippen LogP contribution < -0.4 is 4.73 Å². The van der Waals surface area contributed by atoms with Crippen molar-refractivity contribution >= 4 is 17.3 Å². The maximum Gasteiger partial charge on any atom is 0.286 e. The molecule has 0 atom stereocenters. The number of nitrogens with one attached hydrogen (secondary N) is 1. The smallest absolute Gasteiger partial charge is 0.286 e. The van der Waals surface area contributed by atoms with Gasteiger partial charge >= 0.3 is 0 Å². The Hall–Kier alpha value is -1.13. The molecule has 0 saturated carbocycles. The van der Waals surface area contributed by atoms with E-state index in [4.69, 9.17) is 22.1 Å². The third-order valence-electron chi connectivity index (χ3n) is 1.54. The van der Waals surface area contributed by atoms with Crippen LogP contribution in [0.15, 0.2) is 18.3 Å². The Morgan fingerprint density at radius 1 is 1.62 bits per heavy atom. The van der Waals surface area contributed by atoms with E-state index >= 15 is 0 Å². The molecule has 1 aromatic heterocycles. The molecule has 4 nitrogen and oxygen atoms in total. The number of halogens is 1. The zero-order chi connectivity index (χ0) is 9.84. The first-order chi connectivity index (χ1) is 6.13. The molecule has 0 amide bonds. The second-order valence-corrected chi connectivity index (χ2v) is 3.01. The van der Waals surface area contributed by atoms with Gasteiger partial charge in [0, 0.05) is 23.8 Å². The van der Waals surface area contributed by atoms with Gasteiger partial charge in [0.05, 0.1) is 6.61 Å². The van der Waals surface area contributed by atoms with Crippen LogP contribution in [0.25, 0.3) is 0 Å². The molecule has 1 heterocycles. The Bertz CT molecular complexity index is 328. The van der Waals surface area contributed by atoms with Crippen LogP contribution in [-0.4, -0.2) is 17.4 Å². The Labute approximate surface area is 80.5 Å². The summed E-state index contributed by atoms with van der Waals surface area (Å²) >= 11 is 5.50. The molecule has 0 saturated heterocycles. The second kappa shape index (κ2) is 4.20. The van der Waals surface area contributed by atoms with Gasteiger partial charge < -0.3 is 15.7 Å². The minimum absolute atomic E-state index is 0.0966. The minimum Gasteiger partial charge on any atom is -0.618 e. The van der Waals surface area contributed by atoms with Crippen molar-refractivity contribution in [3.8, 4) is 0 Å². The maximum atomic E-state index is 11.0. The quantitative estimate of drug-likeness (QED) is 0.323. The maximum absolute atomic E-state index is 11.0. The summed E-state index contributed by atoms with van der Waals surface area (Å²) in [5.74, 6) is 0. The van der Waals surface area contributed by atoms with Crippen molar-refractivity contribution in [1.82, 2.24) is 0 Å². The topological polar surface area (TPSA) is 71.0 Å². The Morgan fingerprint density at radius 3 is 2.85 bits per heavy atom. The average Bonchev–Trinajstić information content (AvgIpc) is 2.11. The van der Waals surface area contributed by atoms with Crippen molar-refractivity contribution in [2.24, 2.45) is 0 Å². The molecule has 0 aromatic carbocycles. The molecular formula is C8H9ClN2O2. The predicted molar refractivity (Wildman–Crippen MR) is 48.9 cm³/mol. The standard InChI is InChI=1S/C8H9ClN2O2/c9-8-2-1-6(4-11(8)13)3-7(10)5-12/h1-2,4,10,12H,3,5H2. The number of aliphatic hydroxyl groups is 1. The predicted octanol–water partition coefficient (Wildman–Crippen LogP) is 0.528. The molecular weight excluding hydrogens is 192 g/mol. The highest BCUT2D eigenvalue weighted by molar-refractivity contribution is 6.28. The zero-order valence-electron chi connectivity index (χ0n) is 6.83. The fourth-order valence-corrected chi connectivity index (χ4v) is 1.02. The van der Waals surface area contributed by atoms with Crippen LogP contribution in [0, 0.1) is 10.6 Å². The van der Waals surface area contributed by atoms with Crippen LogP contribution >= 0.6 is 11.6 Å². The zero-order valence-corrected chi connectivity index (χ0v) is 7.58. The normalized spacial score (nSPS) is 10.0. The fraction of sp³-hybridized carbons (Fsp3) is 0.250. The molecule has 0 aliphatic heterocycles. The summed E-state index contributed by atoms with van der Waals surface area (Å²) in [5.41, 5.74) is 0.834. The molecule has 1 rings (SSSR count). The number of nitrogens with zero attached hydrogens (tertiary/aromatic N) is 1. The van der Waals surface area contributed by atoms with Gasteiger partial charge in [-0.25, -0.2) is 0 Å². The molecule has 0 aliphatic carbocycles. The number of rotatable bonds is 3. The van der Waals surface area contributed by atoms with Gasteiger partial charge in [-0.15, -0.1) is 0 Å². The average molecular weight is 201 g/mol. The molecule has 2 N–H and O–H groups in total. The first-order valence-electron chi connectivity index (χ1n) is 3.68. The molecule has 5 heteroatoms. The van der Waals surface area contributed by atoms with E-state index in [1.807, 2.05) is 0 Å². The van der Waals surface area contributed by atoms with E-state index in [0.717, 1.165) is 0 Å². The third-order valence-corrected chi connectivity index (χ3v) is 1.83. The van der Waals surface area contributed by atoms with Crippen molar-refractivity contribution < 1.29 is 9.84 Å². The lowest BCUT2D eigenvalue weighted by atomic mass is 10.1. The molecule has 0 unspecified atom stereocenters. The monoisotopic (exact) mass is 200 g/mol. The molecule has 0 spiro atoms. The number of hydrogen-bond acceptors (Lipinski definition) is 3. The van der Waals surface area contributed by atoms with Crippen molar-refractivity contribution in [2.45, 2.75) is 6.42 Å². The molecule has 13 heavy (non-hydrogen) atoms. The van der Waals surface area contributed by atoms with Gasteiger partial charge in [-0.1, -0.05) is 0 Å². The molecule has 70 valence electrons. The van der Waals surface area contributed by atoms with Crippen LogP contribution in [0.5, 0.6) is 0 Å². The Balaban J connectivity index is 2.79. The van der Waals surface area contributed by atoms with E-state index < -0.39 is 0 Å². The third kappa shape index (κ3) is 2.68. The summed E-state index contributed by atoms with van der Waals surface area (Å²) in [6.07, 6.45) is 1.57. The van der Waals surface area contributed by atoms with Crippen molar-refractivity contribution in [3.63, 3.8) is 0 Å². The molecule has 0 bridgehead atoms.